The van der Waals surface area contributed by atoms with Gasteiger partial charge in [0.2, 0.25) is 0 Å². The molecule has 0 radical (unpaired) electrons. The number of rotatable bonds is 3. The van der Waals surface area contributed by atoms with Crippen LogP contribution >= 0.6 is 15.9 Å². The van der Waals surface area contributed by atoms with E-state index in [9.17, 15) is 0 Å². The van der Waals surface area contributed by atoms with Crippen LogP contribution in [0, 0.1) is 0 Å². The van der Waals surface area contributed by atoms with Crippen LogP contribution in [-0.4, -0.2) is 18.0 Å². The first-order valence-corrected chi connectivity index (χ1v) is 8.13. The second-order valence-corrected chi connectivity index (χ2v) is 6.46. The van der Waals surface area contributed by atoms with Crippen molar-refractivity contribution in [3.05, 3.63) is 58.6 Å². The van der Waals surface area contributed by atoms with Gasteiger partial charge in [-0.1, -0.05) is 52.3 Å². The lowest BCUT2D eigenvalue weighted by atomic mass is 10.0. The summed E-state index contributed by atoms with van der Waals surface area (Å²) in [6.07, 6.45) is 2.70. The highest BCUT2D eigenvalue weighted by Gasteiger charge is 2.19. The van der Waals surface area contributed by atoms with E-state index in [0.717, 1.165) is 4.47 Å². The summed E-state index contributed by atoms with van der Waals surface area (Å²) < 4.78 is 1.13. The van der Waals surface area contributed by atoms with Gasteiger partial charge in [0.25, 0.3) is 0 Å². The third kappa shape index (κ3) is 2.97. The van der Waals surface area contributed by atoms with E-state index in [-0.39, 0.29) is 0 Å². The molecule has 2 heteroatoms. The molecule has 3 rings (SSSR count). The molecule has 0 spiro atoms. The lowest BCUT2D eigenvalue weighted by Gasteiger charge is -2.24. The molecule has 1 saturated heterocycles. The van der Waals surface area contributed by atoms with Crippen LogP contribution in [0.2, 0.25) is 0 Å². The zero-order chi connectivity index (χ0) is 13.9. The molecule has 1 aliphatic rings. The molecule has 0 amide bonds. The van der Waals surface area contributed by atoms with Crippen LogP contribution in [0.3, 0.4) is 0 Å². The molecule has 0 saturated carbocycles. The molecule has 0 aromatic heterocycles. The van der Waals surface area contributed by atoms with Crippen molar-refractivity contribution in [3.8, 4) is 11.1 Å². The van der Waals surface area contributed by atoms with Gasteiger partial charge in [0.1, 0.15) is 0 Å². The van der Waals surface area contributed by atoms with Crippen LogP contribution in [0.25, 0.3) is 11.1 Å². The van der Waals surface area contributed by atoms with Crippen LogP contribution in [-0.2, 0) is 0 Å². The van der Waals surface area contributed by atoms with E-state index in [1.807, 2.05) is 0 Å². The highest BCUT2D eigenvalue weighted by Crippen LogP contribution is 2.27. The smallest absolute Gasteiger partial charge is 0.0319 e. The largest absolute Gasteiger partial charge is 0.297 e. The molecule has 1 heterocycles. The van der Waals surface area contributed by atoms with Crippen molar-refractivity contribution in [2.75, 3.05) is 13.1 Å². The Hall–Kier alpha value is -1.12. The molecule has 104 valence electrons. The molecule has 1 atom stereocenters. The minimum absolute atomic E-state index is 0.538. The topological polar surface area (TPSA) is 3.24 Å². The molecular weight excluding hydrogens is 310 g/mol. The van der Waals surface area contributed by atoms with Crippen molar-refractivity contribution < 1.29 is 0 Å². The number of benzene rings is 2. The van der Waals surface area contributed by atoms with Gasteiger partial charge in [0.05, 0.1) is 0 Å². The van der Waals surface area contributed by atoms with E-state index in [1.54, 1.807) is 0 Å². The van der Waals surface area contributed by atoms with E-state index in [0.29, 0.717) is 6.04 Å². The summed E-state index contributed by atoms with van der Waals surface area (Å²) in [5, 5.41) is 0. The van der Waals surface area contributed by atoms with Gasteiger partial charge in [-0.3, -0.25) is 4.90 Å². The first-order chi connectivity index (χ1) is 9.74. The average Bonchev–Trinajstić information content (AvgIpc) is 3.02. The van der Waals surface area contributed by atoms with Gasteiger partial charge in [-0.2, -0.15) is 0 Å². The zero-order valence-corrected chi connectivity index (χ0v) is 13.4. The maximum Gasteiger partial charge on any atom is 0.0319 e. The summed E-state index contributed by atoms with van der Waals surface area (Å²) in [6, 6.07) is 18.1. The third-order valence-corrected chi connectivity index (χ3v) is 4.79. The van der Waals surface area contributed by atoms with Crippen LogP contribution in [0.15, 0.2) is 53.0 Å². The Kier molecular flexibility index (Phi) is 4.23. The molecule has 0 aliphatic carbocycles. The molecule has 0 N–H and O–H groups in total. The first kappa shape index (κ1) is 13.8. The maximum absolute atomic E-state index is 3.48. The number of likely N-dealkylation sites (tertiary alicyclic amines) is 1. The number of hydrogen-bond donors (Lipinski definition) is 0. The fraction of sp³-hybridized carbons (Fsp3) is 0.333. The summed E-state index contributed by atoms with van der Waals surface area (Å²) in [5.74, 6) is 0. The molecule has 0 bridgehead atoms. The fourth-order valence-corrected chi connectivity index (χ4v) is 3.20. The van der Waals surface area contributed by atoms with Crippen molar-refractivity contribution in [2.45, 2.75) is 25.8 Å². The normalized spacial score (nSPS) is 17.3. The summed E-state index contributed by atoms with van der Waals surface area (Å²) in [7, 11) is 0. The van der Waals surface area contributed by atoms with Crippen molar-refractivity contribution in [1.29, 1.82) is 0 Å². The molecule has 1 fully saturated rings. The predicted molar refractivity (Wildman–Crippen MR) is 88.8 cm³/mol. The van der Waals surface area contributed by atoms with E-state index in [2.05, 4.69) is 76.3 Å². The molecule has 1 nitrogen and oxygen atoms in total. The van der Waals surface area contributed by atoms with Gasteiger partial charge in [-0.05, 0) is 61.7 Å². The highest BCUT2D eigenvalue weighted by molar-refractivity contribution is 9.10. The number of nitrogens with zero attached hydrogens (tertiary/aromatic N) is 1. The van der Waals surface area contributed by atoms with Gasteiger partial charge in [0, 0.05) is 10.5 Å². The van der Waals surface area contributed by atoms with Crippen LogP contribution < -0.4 is 0 Å². The van der Waals surface area contributed by atoms with E-state index in [1.165, 1.54) is 42.6 Å². The van der Waals surface area contributed by atoms with Crippen LogP contribution in [0.4, 0.5) is 0 Å². The minimum Gasteiger partial charge on any atom is -0.297 e. The van der Waals surface area contributed by atoms with Gasteiger partial charge < -0.3 is 0 Å². The monoisotopic (exact) mass is 329 g/mol. The molecule has 20 heavy (non-hydrogen) atoms. The summed E-state index contributed by atoms with van der Waals surface area (Å²) >= 11 is 3.48. The summed E-state index contributed by atoms with van der Waals surface area (Å²) in [5.41, 5.74) is 3.98. The van der Waals surface area contributed by atoms with Gasteiger partial charge in [0.15, 0.2) is 0 Å². The lowest BCUT2D eigenvalue weighted by molar-refractivity contribution is 0.263. The van der Waals surface area contributed by atoms with Crippen LogP contribution in [0.5, 0.6) is 0 Å². The maximum atomic E-state index is 3.48. The summed E-state index contributed by atoms with van der Waals surface area (Å²) in [6.45, 7) is 4.81. The molecule has 1 aliphatic heterocycles. The quantitative estimate of drug-likeness (QED) is 0.741. The fourth-order valence-electron chi connectivity index (χ4n) is 2.94. The zero-order valence-electron chi connectivity index (χ0n) is 11.8. The molecule has 2 aromatic rings. The first-order valence-electron chi connectivity index (χ1n) is 7.34. The molecule has 2 aromatic carbocycles. The Morgan fingerprint density at radius 3 is 1.90 bits per heavy atom. The highest BCUT2D eigenvalue weighted by atomic mass is 79.9. The van der Waals surface area contributed by atoms with Crippen LogP contribution in [0.1, 0.15) is 31.4 Å². The van der Waals surface area contributed by atoms with Gasteiger partial charge in [-0.25, -0.2) is 0 Å². The standard InChI is InChI=1S/C18H20BrN/c1-14(20-12-2-3-13-20)15-4-6-16(7-5-15)17-8-10-18(19)11-9-17/h4-11,14H,2-3,12-13H2,1H3. The van der Waals surface area contributed by atoms with Crippen molar-refractivity contribution in [1.82, 2.24) is 4.90 Å². The van der Waals surface area contributed by atoms with E-state index < -0.39 is 0 Å². The van der Waals surface area contributed by atoms with Crippen molar-refractivity contribution in [2.24, 2.45) is 0 Å². The predicted octanol–water partition coefficient (Wildman–Crippen LogP) is 5.27. The summed E-state index contributed by atoms with van der Waals surface area (Å²) in [4.78, 5) is 2.58. The Bertz CT molecular complexity index is 553. The Morgan fingerprint density at radius 2 is 1.35 bits per heavy atom. The number of hydrogen-bond acceptors (Lipinski definition) is 1. The minimum atomic E-state index is 0.538. The van der Waals surface area contributed by atoms with Crippen molar-refractivity contribution >= 4 is 15.9 Å². The molecule has 1 unspecified atom stereocenters. The average molecular weight is 330 g/mol. The Balaban J connectivity index is 1.78. The Labute approximate surface area is 129 Å². The third-order valence-electron chi connectivity index (χ3n) is 4.26. The SMILES string of the molecule is CC(c1ccc(-c2ccc(Br)cc2)cc1)N1CCCC1. The van der Waals surface area contributed by atoms with Gasteiger partial charge >= 0.3 is 0 Å². The lowest BCUT2D eigenvalue weighted by Crippen LogP contribution is -2.23. The second kappa shape index (κ2) is 6.11. The van der Waals surface area contributed by atoms with Gasteiger partial charge in [-0.15, -0.1) is 0 Å². The Morgan fingerprint density at radius 1 is 0.850 bits per heavy atom. The van der Waals surface area contributed by atoms with E-state index in [4.69, 9.17) is 0 Å². The second-order valence-electron chi connectivity index (χ2n) is 5.55. The number of halogens is 1. The molecular formula is C18H20BrN. The van der Waals surface area contributed by atoms with Crippen molar-refractivity contribution in [3.63, 3.8) is 0 Å². The van der Waals surface area contributed by atoms with E-state index >= 15 is 0 Å².